The van der Waals surface area contributed by atoms with E-state index in [1.165, 1.54) is 23.5 Å². The number of nitrogens with zero attached hydrogens (tertiary/aromatic N) is 1. The molecule has 0 bridgehead atoms. The Balaban J connectivity index is 2.17. The van der Waals surface area contributed by atoms with E-state index in [1.54, 1.807) is 24.3 Å². The van der Waals surface area contributed by atoms with Crippen LogP contribution in [-0.4, -0.2) is 16.1 Å². The third-order valence-corrected chi connectivity index (χ3v) is 4.34. The van der Waals surface area contributed by atoms with Crippen LogP contribution in [0.15, 0.2) is 40.9 Å². The standard InChI is InChI=1S/C14H7BrFNO2S/c15-8-2-3-10(16)9(6-8)13-17-11-4-1-7(14(18)19)5-12(11)20-13/h1-6H,(H,18,19). The SMILES string of the molecule is O=C(O)c1ccc2nc(-c3cc(Br)ccc3F)sc2c1. The highest BCUT2D eigenvalue weighted by atomic mass is 79.9. The molecule has 0 saturated carbocycles. The first-order valence-corrected chi connectivity index (χ1v) is 7.25. The van der Waals surface area contributed by atoms with Crippen LogP contribution in [0.1, 0.15) is 10.4 Å². The molecular formula is C14H7BrFNO2S. The van der Waals surface area contributed by atoms with Crippen molar-refractivity contribution in [1.29, 1.82) is 0 Å². The first-order chi connectivity index (χ1) is 9.54. The van der Waals surface area contributed by atoms with Crippen LogP contribution < -0.4 is 0 Å². The molecule has 0 unspecified atom stereocenters. The summed E-state index contributed by atoms with van der Waals surface area (Å²) in [6, 6.07) is 9.32. The van der Waals surface area contributed by atoms with Gasteiger partial charge in [-0.15, -0.1) is 11.3 Å². The molecule has 20 heavy (non-hydrogen) atoms. The molecule has 0 aliphatic rings. The monoisotopic (exact) mass is 351 g/mol. The molecule has 6 heteroatoms. The summed E-state index contributed by atoms with van der Waals surface area (Å²) < 4.78 is 15.3. The van der Waals surface area contributed by atoms with Gasteiger partial charge >= 0.3 is 5.97 Å². The molecule has 2 aromatic carbocycles. The van der Waals surface area contributed by atoms with Crippen molar-refractivity contribution in [3.8, 4) is 10.6 Å². The van der Waals surface area contributed by atoms with E-state index in [0.717, 1.165) is 9.17 Å². The van der Waals surface area contributed by atoms with Crippen LogP contribution in [0.25, 0.3) is 20.8 Å². The lowest BCUT2D eigenvalue weighted by molar-refractivity contribution is 0.0697. The van der Waals surface area contributed by atoms with Crippen LogP contribution in [0.2, 0.25) is 0 Å². The number of aromatic nitrogens is 1. The van der Waals surface area contributed by atoms with Crippen molar-refractivity contribution in [1.82, 2.24) is 4.98 Å². The summed E-state index contributed by atoms with van der Waals surface area (Å²) in [5, 5.41) is 9.50. The number of hydrogen-bond acceptors (Lipinski definition) is 3. The Morgan fingerprint density at radius 2 is 2.05 bits per heavy atom. The average molecular weight is 352 g/mol. The molecule has 3 nitrogen and oxygen atoms in total. The largest absolute Gasteiger partial charge is 0.478 e. The number of halogens is 2. The van der Waals surface area contributed by atoms with Gasteiger partial charge in [0.2, 0.25) is 0 Å². The Hall–Kier alpha value is -1.79. The number of thiazole rings is 1. The summed E-state index contributed by atoms with van der Waals surface area (Å²) >= 11 is 4.57. The third-order valence-electron chi connectivity index (χ3n) is 2.79. The van der Waals surface area contributed by atoms with Crippen LogP contribution in [0.4, 0.5) is 4.39 Å². The molecule has 1 N–H and O–H groups in total. The lowest BCUT2D eigenvalue weighted by Crippen LogP contribution is -1.94. The minimum Gasteiger partial charge on any atom is -0.478 e. The molecular weight excluding hydrogens is 345 g/mol. The zero-order chi connectivity index (χ0) is 14.3. The highest BCUT2D eigenvalue weighted by Crippen LogP contribution is 2.33. The van der Waals surface area contributed by atoms with Gasteiger partial charge in [0.25, 0.3) is 0 Å². The van der Waals surface area contributed by atoms with Crippen molar-refractivity contribution in [3.05, 3.63) is 52.3 Å². The minimum absolute atomic E-state index is 0.197. The lowest BCUT2D eigenvalue weighted by atomic mass is 10.2. The first-order valence-electron chi connectivity index (χ1n) is 5.64. The van der Waals surface area contributed by atoms with Gasteiger partial charge in [0.15, 0.2) is 0 Å². The van der Waals surface area contributed by atoms with Gasteiger partial charge in [-0.3, -0.25) is 0 Å². The second kappa shape index (κ2) is 4.96. The van der Waals surface area contributed by atoms with E-state index < -0.39 is 5.97 Å². The molecule has 0 aliphatic heterocycles. The predicted molar refractivity (Wildman–Crippen MR) is 79.7 cm³/mol. The van der Waals surface area contributed by atoms with E-state index in [2.05, 4.69) is 20.9 Å². The summed E-state index contributed by atoms with van der Waals surface area (Å²) in [6.45, 7) is 0. The molecule has 100 valence electrons. The van der Waals surface area contributed by atoms with Crippen LogP contribution in [-0.2, 0) is 0 Å². The Morgan fingerprint density at radius 1 is 1.25 bits per heavy atom. The second-order valence-electron chi connectivity index (χ2n) is 4.13. The van der Waals surface area contributed by atoms with Crippen molar-refractivity contribution in [2.24, 2.45) is 0 Å². The van der Waals surface area contributed by atoms with Gasteiger partial charge in [0.1, 0.15) is 10.8 Å². The van der Waals surface area contributed by atoms with Crippen molar-refractivity contribution >= 4 is 43.5 Å². The zero-order valence-electron chi connectivity index (χ0n) is 9.93. The van der Waals surface area contributed by atoms with Gasteiger partial charge in [0.05, 0.1) is 15.8 Å². The van der Waals surface area contributed by atoms with Gasteiger partial charge < -0.3 is 5.11 Å². The first kappa shape index (κ1) is 13.2. The fourth-order valence-electron chi connectivity index (χ4n) is 1.83. The Kier molecular flexibility index (Phi) is 3.27. The summed E-state index contributed by atoms with van der Waals surface area (Å²) in [7, 11) is 0. The van der Waals surface area contributed by atoms with Crippen molar-refractivity contribution < 1.29 is 14.3 Å². The maximum absolute atomic E-state index is 13.8. The summed E-state index contributed by atoms with van der Waals surface area (Å²) in [5.74, 6) is -1.35. The molecule has 0 radical (unpaired) electrons. The fraction of sp³-hybridized carbons (Fsp3) is 0. The maximum atomic E-state index is 13.8. The van der Waals surface area contributed by atoms with Gasteiger partial charge in [-0.2, -0.15) is 0 Å². The van der Waals surface area contributed by atoms with E-state index in [4.69, 9.17) is 5.11 Å². The Bertz CT molecular complexity index is 831. The number of carbonyl (C=O) groups is 1. The molecule has 0 atom stereocenters. The smallest absolute Gasteiger partial charge is 0.335 e. The van der Waals surface area contributed by atoms with Crippen LogP contribution in [0, 0.1) is 5.82 Å². The molecule has 0 aliphatic carbocycles. The van der Waals surface area contributed by atoms with E-state index in [9.17, 15) is 9.18 Å². The van der Waals surface area contributed by atoms with E-state index in [0.29, 0.717) is 16.1 Å². The van der Waals surface area contributed by atoms with E-state index in [-0.39, 0.29) is 11.4 Å². The Labute approximate surface area is 125 Å². The quantitative estimate of drug-likeness (QED) is 0.735. The normalized spacial score (nSPS) is 10.9. The number of hydrogen-bond donors (Lipinski definition) is 1. The summed E-state index contributed by atoms with van der Waals surface area (Å²) in [4.78, 5) is 15.3. The van der Waals surface area contributed by atoms with E-state index in [1.807, 2.05) is 0 Å². The minimum atomic E-state index is -0.990. The maximum Gasteiger partial charge on any atom is 0.335 e. The highest BCUT2D eigenvalue weighted by Gasteiger charge is 2.13. The number of rotatable bonds is 2. The fourth-order valence-corrected chi connectivity index (χ4v) is 3.22. The number of carboxylic acids is 1. The lowest BCUT2D eigenvalue weighted by Gasteiger charge is -1.98. The van der Waals surface area contributed by atoms with E-state index >= 15 is 0 Å². The second-order valence-corrected chi connectivity index (χ2v) is 6.08. The third kappa shape index (κ3) is 2.32. The van der Waals surface area contributed by atoms with Crippen molar-refractivity contribution in [2.75, 3.05) is 0 Å². The summed E-state index contributed by atoms with van der Waals surface area (Å²) in [6.07, 6.45) is 0. The summed E-state index contributed by atoms with van der Waals surface area (Å²) in [5.41, 5.74) is 1.26. The highest BCUT2D eigenvalue weighted by molar-refractivity contribution is 9.10. The average Bonchev–Trinajstić information content (AvgIpc) is 2.83. The number of carboxylic acid groups (broad SMARTS) is 1. The van der Waals surface area contributed by atoms with Crippen molar-refractivity contribution in [3.63, 3.8) is 0 Å². The molecule has 0 amide bonds. The molecule has 0 fully saturated rings. The molecule has 1 heterocycles. The number of aromatic carboxylic acids is 1. The molecule has 3 aromatic rings. The van der Waals surface area contributed by atoms with Crippen LogP contribution in [0.3, 0.4) is 0 Å². The van der Waals surface area contributed by atoms with Crippen molar-refractivity contribution in [2.45, 2.75) is 0 Å². The Morgan fingerprint density at radius 3 is 2.80 bits per heavy atom. The number of benzene rings is 2. The topological polar surface area (TPSA) is 50.2 Å². The molecule has 0 spiro atoms. The molecule has 3 rings (SSSR count). The molecule has 1 aromatic heterocycles. The van der Waals surface area contributed by atoms with Gasteiger partial charge in [-0.25, -0.2) is 14.2 Å². The van der Waals surface area contributed by atoms with Gasteiger partial charge in [-0.05, 0) is 36.4 Å². The van der Waals surface area contributed by atoms with Gasteiger partial charge in [0, 0.05) is 10.0 Å². The number of fused-ring (bicyclic) bond motifs is 1. The zero-order valence-corrected chi connectivity index (χ0v) is 12.3. The van der Waals surface area contributed by atoms with Crippen LogP contribution >= 0.6 is 27.3 Å². The van der Waals surface area contributed by atoms with Crippen LogP contribution in [0.5, 0.6) is 0 Å². The molecule has 0 saturated heterocycles. The van der Waals surface area contributed by atoms with Gasteiger partial charge in [-0.1, -0.05) is 15.9 Å². The predicted octanol–water partition coefficient (Wildman–Crippen LogP) is 4.56.